The van der Waals surface area contributed by atoms with E-state index >= 15 is 0 Å². The van der Waals surface area contributed by atoms with Gasteiger partial charge in [-0.25, -0.2) is 9.37 Å². The SMILES string of the molecule is Cc1nc(CCNCc2ccc(F)cc2C(F)(F)F)cs1. The number of nitrogens with zero attached hydrogens (tertiary/aromatic N) is 1. The van der Waals surface area contributed by atoms with E-state index in [0.29, 0.717) is 19.0 Å². The topological polar surface area (TPSA) is 24.9 Å². The second-order valence-corrected chi connectivity index (χ2v) is 5.65. The van der Waals surface area contributed by atoms with Crippen molar-refractivity contribution >= 4 is 11.3 Å². The van der Waals surface area contributed by atoms with E-state index < -0.39 is 17.6 Å². The van der Waals surface area contributed by atoms with Crippen LogP contribution in [0.15, 0.2) is 23.6 Å². The predicted octanol–water partition coefficient (Wildman–Crippen LogP) is 3.94. The number of rotatable bonds is 5. The Kier molecular flexibility index (Phi) is 4.95. The minimum atomic E-state index is -4.55. The zero-order valence-electron chi connectivity index (χ0n) is 11.3. The molecule has 0 radical (unpaired) electrons. The van der Waals surface area contributed by atoms with E-state index in [-0.39, 0.29) is 12.1 Å². The molecule has 0 atom stereocenters. The molecule has 1 aromatic carbocycles. The first-order valence-corrected chi connectivity index (χ1v) is 7.21. The molecule has 1 heterocycles. The Hall–Kier alpha value is -1.47. The third kappa shape index (κ3) is 4.50. The fourth-order valence-electron chi connectivity index (χ4n) is 1.93. The van der Waals surface area contributed by atoms with Gasteiger partial charge in [0.25, 0.3) is 0 Å². The number of aryl methyl sites for hydroxylation is 1. The van der Waals surface area contributed by atoms with Gasteiger partial charge in [-0.15, -0.1) is 11.3 Å². The van der Waals surface area contributed by atoms with Gasteiger partial charge in [-0.05, 0) is 24.6 Å². The first-order valence-electron chi connectivity index (χ1n) is 6.33. The molecular weight excluding hydrogens is 304 g/mol. The van der Waals surface area contributed by atoms with Crippen LogP contribution in [0.1, 0.15) is 21.8 Å². The van der Waals surface area contributed by atoms with E-state index in [9.17, 15) is 17.6 Å². The van der Waals surface area contributed by atoms with E-state index in [4.69, 9.17) is 0 Å². The van der Waals surface area contributed by atoms with Crippen LogP contribution in [0.3, 0.4) is 0 Å². The molecule has 7 heteroatoms. The molecule has 0 aliphatic heterocycles. The lowest BCUT2D eigenvalue weighted by atomic mass is 10.1. The van der Waals surface area contributed by atoms with Gasteiger partial charge in [0.15, 0.2) is 0 Å². The summed E-state index contributed by atoms with van der Waals surface area (Å²) >= 11 is 1.54. The van der Waals surface area contributed by atoms with Crippen molar-refractivity contribution in [3.8, 4) is 0 Å². The Morgan fingerprint density at radius 2 is 2.05 bits per heavy atom. The average molecular weight is 318 g/mol. The fourth-order valence-corrected chi connectivity index (χ4v) is 2.58. The molecule has 0 saturated heterocycles. The number of nitrogens with one attached hydrogen (secondary N) is 1. The highest BCUT2D eigenvalue weighted by atomic mass is 32.1. The minimum absolute atomic E-state index is 0.0399. The summed E-state index contributed by atoms with van der Waals surface area (Å²) in [5, 5.41) is 5.82. The molecule has 0 bridgehead atoms. The van der Waals surface area contributed by atoms with Crippen LogP contribution >= 0.6 is 11.3 Å². The lowest BCUT2D eigenvalue weighted by Crippen LogP contribution is -2.20. The number of thiazole rings is 1. The van der Waals surface area contributed by atoms with E-state index in [2.05, 4.69) is 10.3 Å². The van der Waals surface area contributed by atoms with Crippen LogP contribution in [0.4, 0.5) is 17.6 Å². The Balaban J connectivity index is 1.94. The largest absolute Gasteiger partial charge is 0.416 e. The van der Waals surface area contributed by atoms with Crippen LogP contribution in [0.25, 0.3) is 0 Å². The second-order valence-electron chi connectivity index (χ2n) is 4.58. The van der Waals surface area contributed by atoms with Crippen molar-refractivity contribution in [2.75, 3.05) is 6.54 Å². The molecule has 21 heavy (non-hydrogen) atoms. The highest BCUT2D eigenvalue weighted by Crippen LogP contribution is 2.32. The summed E-state index contributed by atoms with van der Waals surface area (Å²) in [5.41, 5.74) is 0.0259. The van der Waals surface area contributed by atoms with Crippen molar-refractivity contribution < 1.29 is 17.6 Å². The number of alkyl halides is 3. The maximum absolute atomic E-state index is 13.0. The van der Waals surface area contributed by atoms with Crippen LogP contribution in [0.2, 0.25) is 0 Å². The Morgan fingerprint density at radius 1 is 1.29 bits per heavy atom. The summed E-state index contributed by atoms with van der Waals surface area (Å²) in [6.45, 7) is 2.45. The van der Waals surface area contributed by atoms with Gasteiger partial charge in [0.05, 0.1) is 16.3 Å². The van der Waals surface area contributed by atoms with Crippen LogP contribution in [0.5, 0.6) is 0 Å². The normalized spacial score (nSPS) is 11.9. The molecule has 0 aliphatic rings. The smallest absolute Gasteiger partial charge is 0.312 e. The lowest BCUT2D eigenvalue weighted by molar-refractivity contribution is -0.138. The molecule has 0 spiro atoms. The van der Waals surface area contributed by atoms with Gasteiger partial charge in [-0.3, -0.25) is 0 Å². The fraction of sp³-hybridized carbons (Fsp3) is 0.357. The maximum atomic E-state index is 13.0. The van der Waals surface area contributed by atoms with Crippen molar-refractivity contribution in [2.24, 2.45) is 0 Å². The first-order chi connectivity index (χ1) is 9.86. The van der Waals surface area contributed by atoms with E-state index in [1.165, 1.54) is 11.3 Å². The molecule has 0 saturated carbocycles. The van der Waals surface area contributed by atoms with Gasteiger partial charge in [-0.2, -0.15) is 13.2 Å². The molecule has 0 fully saturated rings. The molecule has 2 nitrogen and oxygen atoms in total. The number of hydrogen-bond acceptors (Lipinski definition) is 3. The van der Waals surface area contributed by atoms with Crippen LogP contribution in [-0.4, -0.2) is 11.5 Å². The van der Waals surface area contributed by atoms with Gasteiger partial charge in [0.1, 0.15) is 5.82 Å². The summed E-state index contributed by atoms with van der Waals surface area (Å²) < 4.78 is 51.4. The van der Waals surface area contributed by atoms with Gasteiger partial charge in [0, 0.05) is 24.9 Å². The highest BCUT2D eigenvalue weighted by Gasteiger charge is 2.33. The van der Waals surface area contributed by atoms with E-state index in [1.807, 2.05) is 12.3 Å². The van der Waals surface area contributed by atoms with Crippen LogP contribution in [-0.2, 0) is 19.1 Å². The molecule has 0 unspecified atom stereocenters. The van der Waals surface area contributed by atoms with Crippen molar-refractivity contribution in [1.29, 1.82) is 0 Å². The molecule has 0 amide bonds. The number of benzene rings is 1. The number of aromatic nitrogens is 1. The standard InChI is InChI=1S/C14H14F4N2S/c1-9-20-12(8-21-9)4-5-19-7-10-2-3-11(15)6-13(10)14(16,17)18/h2-3,6,8,19H,4-5,7H2,1H3. The molecule has 1 aromatic heterocycles. The molecule has 114 valence electrons. The van der Waals surface area contributed by atoms with Gasteiger partial charge >= 0.3 is 6.18 Å². The number of hydrogen-bond donors (Lipinski definition) is 1. The summed E-state index contributed by atoms with van der Waals surface area (Å²) in [4.78, 5) is 4.27. The number of halogens is 4. The van der Waals surface area contributed by atoms with Gasteiger partial charge < -0.3 is 5.32 Å². The van der Waals surface area contributed by atoms with Crippen LogP contribution < -0.4 is 5.32 Å². The molecule has 0 aliphatic carbocycles. The third-order valence-electron chi connectivity index (χ3n) is 2.92. The van der Waals surface area contributed by atoms with Crippen molar-refractivity contribution in [2.45, 2.75) is 26.1 Å². The van der Waals surface area contributed by atoms with Crippen molar-refractivity contribution in [1.82, 2.24) is 10.3 Å². The average Bonchev–Trinajstić information content (AvgIpc) is 2.81. The minimum Gasteiger partial charge on any atom is -0.312 e. The van der Waals surface area contributed by atoms with Crippen molar-refractivity contribution in [3.63, 3.8) is 0 Å². The summed E-state index contributed by atoms with van der Waals surface area (Å²) in [5.74, 6) is -0.885. The Morgan fingerprint density at radius 3 is 2.67 bits per heavy atom. The summed E-state index contributed by atoms with van der Waals surface area (Å²) in [7, 11) is 0. The molecule has 1 N–H and O–H groups in total. The summed E-state index contributed by atoms with van der Waals surface area (Å²) in [6, 6.07) is 2.73. The van der Waals surface area contributed by atoms with Gasteiger partial charge in [-0.1, -0.05) is 6.07 Å². The third-order valence-corrected chi connectivity index (χ3v) is 3.74. The monoisotopic (exact) mass is 318 g/mol. The first kappa shape index (κ1) is 15.9. The molecule has 2 aromatic rings. The zero-order valence-corrected chi connectivity index (χ0v) is 12.1. The van der Waals surface area contributed by atoms with E-state index in [1.54, 1.807) is 0 Å². The molecule has 2 rings (SSSR count). The predicted molar refractivity (Wildman–Crippen MR) is 73.7 cm³/mol. The quantitative estimate of drug-likeness (QED) is 0.667. The zero-order chi connectivity index (χ0) is 15.5. The Bertz CT molecular complexity index is 607. The Labute approximate surface area is 123 Å². The highest BCUT2D eigenvalue weighted by molar-refractivity contribution is 7.09. The second kappa shape index (κ2) is 6.53. The van der Waals surface area contributed by atoms with Crippen LogP contribution in [0, 0.1) is 12.7 Å². The maximum Gasteiger partial charge on any atom is 0.416 e. The van der Waals surface area contributed by atoms with E-state index in [0.717, 1.165) is 22.8 Å². The lowest BCUT2D eigenvalue weighted by Gasteiger charge is -2.13. The van der Waals surface area contributed by atoms with Crippen molar-refractivity contribution in [3.05, 3.63) is 51.2 Å². The molecular formula is C14H14F4N2S. The van der Waals surface area contributed by atoms with Gasteiger partial charge in [0.2, 0.25) is 0 Å². The summed E-state index contributed by atoms with van der Waals surface area (Å²) in [6.07, 6.45) is -3.90.